The lowest BCUT2D eigenvalue weighted by atomic mass is 10.0. The number of anilines is 1. The van der Waals surface area contributed by atoms with Crippen molar-refractivity contribution in [2.45, 2.75) is 18.5 Å². The van der Waals surface area contributed by atoms with Gasteiger partial charge in [0.25, 0.3) is 0 Å². The van der Waals surface area contributed by atoms with Crippen LogP contribution in [-0.2, 0) is 4.79 Å². The van der Waals surface area contributed by atoms with Gasteiger partial charge in [0.15, 0.2) is 0 Å². The second-order valence-corrected chi connectivity index (χ2v) is 7.27. The molecule has 1 amide bonds. The zero-order chi connectivity index (χ0) is 17.9. The first-order chi connectivity index (χ1) is 12.7. The van der Waals surface area contributed by atoms with E-state index in [4.69, 9.17) is 11.6 Å². The molecule has 2 heterocycles. The lowest BCUT2D eigenvalue weighted by Gasteiger charge is -2.37. The van der Waals surface area contributed by atoms with Crippen LogP contribution in [0.15, 0.2) is 54.6 Å². The first-order valence-electron chi connectivity index (χ1n) is 9.06. The van der Waals surface area contributed by atoms with E-state index in [1.54, 1.807) is 0 Å². The van der Waals surface area contributed by atoms with Crippen LogP contribution >= 0.6 is 11.6 Å². The Morgan fingerprint density at radius 3 is 2.46 bits per heavy atom. The fourth-order valence-corrected chi connectivity index (χ4v) is 3.88. The Morgan fingerprint density at radius 1 is 0.962 bits per heavy atom. The fourth-order valence-electron chi connectivity index (χ4n) is 3.70. The first-order valence-corrected chi connectivity index (χ1v) is 9.44. The Balaban J connectivity index is 1.33. The number of piperazine rings is 1. The summed E-state index contributed by atoms with van der Waals surface area (Å²) in [6.45, 7) is 3.13. The first kappa shape index (κ1) is 17.3. The second-order valence-electron chi connectivity index (χ2n) is 6.83. The van der Waals surface area contributed by atoms with Crippen LogP contribution in [0.5, 0.6) is 0 Å². The topological polar surface area (TPSA) is 47.6 Å². The van der Waals surface area contributed by atoms with Crippen molar-refractivity contribution in [3.63, 3.8) is 0 Å². The Kier molecular flexibility index (Phi) is 5.11. The lowest BCUT2D eigenvalue weighted by Crippen LogP contribution is -2.53. The molecule has 0 aromatic heterocycles. The van der Waals surface area contributed by atoms with E-state index in [1.165, 1.54) is 5.56 Å². The Bertz CT molecular complexity index is 761. The third-order valence-electron chi connectivity index (χ3n) is 5.17. The monoisotopic (exact) mass is 370 g/mol. The van der Waals surface area contributed by atoms with Crippen molar-refractivity contribution < 1.29 is 4.79 Å². The number of benzene rings is 2. The minimum Gasteiger partial charge on any atom is -0.368 e. The normalized spacial score (nSPS) is 23.3. The van der Waals surface area contributed by atoms with Crippen LogP contribution in [-0.4, -0.2) is 43.0 Å². The van der Waals surface area contributed by atoms with Gasteiger partial charge in [0.05, 0.1) is 0 Å². The summed E-state index contributed by atoms with van der Waals surface area (Å²) < 4.78 is 0. The van der Waals surface area contributed by atoms with Gasteiger partial charge in [-0.2, -0.15) is 0 Å². The predicted molar refractivity (Wildman–Crippen MR) is 104 cm³/mol. The number of hydrogen-bond donors (Lipinski definition) is 2. The van der Waals surface area contributed by atoms with Crippen LogP contribution < -0.4 is 15.8 Å². The highest BCUT2D eigenvalue weighted by Gasteiger charge is 2.34. The number of rotatable bonds is 3. The van der Waals surface area contributed by atoms with Gasteiger partial charge in [-0.15, -0.1) is 0 Å². The molecule has 2 aliphatic heterocycles. The molecule has 2 fully saturated rings. The minimum absolute atomic E-state index is 0.169. The number of hydrazine groups is 1. The molecule has 2 aliphatic rings. The molecule has 5 nitrogen and oxygen atoms in total. The number of carbonyl (C=O) groups excluding carboxylic acids is 1. The van der Waals surface area contributed by atoms with Crippen molar-refractivity contribution in [3.05, 3.63) is 65.2 Å². The minimum atomic E-state index is -0.169. The molecular weight excluding hydrogens is 348 g/mol. The van der Waals surface area contributed by atoms with Gasteiger partial charge >= 0.3 is 0 Å². The molecular formula is C20H23ClN4O. The van der Waals surface area contributed by atoms with Gasteiger partial charge in [0.1, 0.15) is 6.04 Å². The van der Waals surface area contributed by atoms with Crippen LogP contribution in [0.3, 0.4) is 0 Å². The maximum Gasteiger partial charge on any atom is 0.241 e. The SMILES string of the molecule is O=C(C1CC(c2ccccc2)NN1)N1CCN(c2cccc(Cl)c2)CC1. The molecule has 6 heteroatoms. The number of halogens is 1. The summed E-state index contributed by atoms with van der Waals surface area (Å²) in [5, 5.41) is 0.745. The van der Waals surface area contributed by atoms with Crippen LogP contribution in [0.25, 0.3) is 0 Å². The van der Waals surface area contributed by atoms with Crippen LogP contribution in [0, 0.1) is 0 Å². The standard InChI is InChI=1S/C20H23ClN4O/c21-16-7-4-8-17(13-16)24-9-11-25(12-10-24)20(26)19-14-18(22-23-19)15-5-2-1-3-6-15/h1-8,13,18-19,22-23H,9-12,14H2. The van der Waals surface area contributed by atoms with E-state index in [0.29, 0.717) is 0 Å². The Hall–Kier alpha value is -2.08. The smallest absolute Gasteiger partial charge is 0.241 e. The van der Waals surface area contributed by atoms with Crippen molar-refractivity contribution in [1.82, 2.24) is 15.8 Å². The third-order valence-corrected chi connectivity index (χ3v) is 5.40. The number of carbonyl (C=O) groups is 1. The van der Waals surface area contributed by atoms with Gasteiger partial charge in [-0.3, -0.25) is 4.79 Å². The fraction of sp³-hybridized carbons (Fsp3) is 0.350. The molecule has 0 bridgehead atoms. The summed E-state index contributed by atoms with van der Waals surface area (Å²) in [6.07, 6.45) is 0.775. The van der Waals surface area contributed by atoms with Crippen molar-refractivity contribution in [2.75, 3.05) is 31.1 Å². The van der Waals surface area contributed by atoms with E-state index < -0.39 is 0 Å². The predicted octanol–water partition coefficient (Wildman–Crippen LogP) is 2.60. The van der Waals surface area contributed by atoms with Crippen molar-refractivity contribution in [1.29, 1.82) is 0 Å². The molecule has 2 aromatic carbocycles. The number of nitrogens with zero attached hydrogens (tertiary/aromatic N) is 2. The molecule has 0 aliphatic carbocycles. The van der Waals surface area contributed by atoms with Crippen LogP contribution in [0.1, 0.15) is 18.0 Å². The summed E-state index contributed by atoms with van der Waals surface area (Å²) in [5.74, 6) is 0.182. The summed E-state index contributed by atoms with van der Waals surface area (Å²) in [7, 11) is 0. The van der Waals surface area contributed by atoms with E-state index in [1.807, 2.05) is 41.3 Å². The zero-order valence-electron chi connectivity index (χ0n) is 14.6. The highest BCUT2D eigenvalue weighted by Crippen LogP contribution is 2.24. The van der Waals surface area contributed by atoms with Crippen LogP contribution in [0.4, 0.5) is 5.69 Å². The molecule has 4 rings (SSSR count). The van der Waals surface area contributed by atoms with Crippen molar-refractivity contribution >= 4 is 23.2 Å². The summed E-state index contributed by atoms with van der Waals surface area (Å²) in [5.41, 5.74) is 8.77. The van der Waals surface area contributed by atoms with E-state index >= 15 is 0 Å². The van der Waals surface area contributed by atoms with Gasteiger partial charge < -0.3 is 9.80 Å². The molecule has 0 spiro atoms. The number of amides is 1. The van der Waals surface area contributed by atoms with Gasteiger partial charge in [0, 0.05) is 42.9 Å². The summed E-state index contributed by atoms with van der Waals surface area (Å²) >= 11 is 6.09. The Morgan fingerprint density at radius 2 is 1.73 bits per heavy atom. The van der Waals surface area contributed by atoms with Gasteiger partial charge in [-0.1, -0.05) is 48.0 Å². The highest BCUT2D eigenvalue weighted by molar-refractivity contribution is 6.30. The summed E-state index contributed by atoms with van der Waals surface area (Å²) in [6, 6.07) is 18.2. The maximum absolute atomic E-state index is 12.9. The van der Waals surface area contributed by atoms with Gasteiger partial charge in [-0.25, -0.2) is 10.9 Å². The number of nitrogens with one attached hydrogen (secondary N) is 2. The second kappa shape index (κ2) is 7.66. The molecule has 0 radical (unpaired) electrons. The van der Waals surface area contributed by atoms with Gasteiger partial charge in [-0.05, 0) is 30.2 Å². The molecule has 2 atom stereocenters. The maximum atomic E-state index is 12.9. The Labute approximate surface area is 158 Å². The average Bonchev–Trinajstić information content (AvgIpc) is 3.18. The lowest BCUT2D eigenvalue weighted by molar-refractivity contribution is -0.133. The van der Waals surface area contributed by atoms with E-state index in [2.05, 4.69) is 34.0 Å². The largest absolute Gasteiger partial charge is 0.368 e. The summed E-state index contributed by atoms with van der Waals surface area (Å²) in [4.78, 5) is 17.1. The average molecular weight is 371 g/mol. The van der Waals surface area contributed by atoms with E-state index in [-0.39, 0.29) is 18.0 Å². The number of hydrogen-bond acceptors (Lipinski definition) is 4. The quantitative estimate of drug-likeness (QED) is 0.872. The van der Waals surface area contributed by atoms with Crippen molar-refractivity contribution in [3.8, 4) is 0 Å². The molecule has 2 unspecified atom stereocenters. The molecule has 0 saturated carbocycles. The van der Waals surface area contributed by atoms with Gasteiger partial charge in [0.2, 0.25) is 5.91 Å². The molecule has 136 valence electrons. The van der Waals surface area contributed by atoms with E-state index in [0.717, 1.165) is 43.3 Å². The molecule has 2 aromatic rings. The highest BCUT2D eigenvalue weighted by atomic mass is 35.5. The van der Waals surface area contributed by atoms with Crippen molar-refractivity contribution in [2.24, 2.45) is 0 Å². The van der Waals surface area contributed by atoms with E-state index in [9.17, 15) is 4.79 Å². The third kappa shape index (κ3) is 3.70. The molecule has 2 N–H and O–H groups in total. The zero-order valence-corrected chi connectivity index (χ0v) is 15.3. The molecule has 2 saturated heterocycles. The molecule has 26 heavy (non-hydrogen) atoms. The van der Waals surface area contributed by atoms with Crippen LogP contribution in [0.2, 0.25) is 5.02 Å².